The number of rotatable bonds is 8. The van der Waals surface area contributed by atoms with Gasteiger partial charge in [-0.2, -0.15) is 0 Å². The maximum absolute atomic E-state index is 10.9. The molecule has 0 aliphatic heterocycles. The smallest absolute Gasteiger partial charge is 0.337 e. The van der Waals surface area contributed by atoms with Crippen molar-refractivity contribution in [1.82, 2.24) is 0 Å². The molecule has 98 valence electrons. The molecule has 5 nitrogen and oxygen atoms in total. The number of aromatic carboxylic acids is 1. The zero-order valence-corrected chi connectivity index (χ0v) is 10.0. The van der Waals surface area contributed by atoms with Gasteiger partial charge in [-0.1, -0.05) is 18.2 Å². The Kier molecular flexibility index (Phi) is 5.90. The van der Waals surface area contributed by atoms with Crippen LogP contribution in [0.3, 0.4) is 0 Å². The van der Waals surface area contributed by atoms with E-state index in [0.29, 0.717) is 12.3 Å². The number of ether oxygens (including phenoxy) is 1. The fourth-order valence-electron chi connectivity index (χ4n) is 1.40. The van der Waals surface area contributed by atoms with E-state index in [2.05, 4.69) is 11.9 Å². The van der Waals surface area contributed by atoms with Crippen molar-refractivity contribution in [1.29, 1.82) is 0 Å². The van der Waals surface area contributed by atoms with Crippen molar-refractivity contribution in [2.75, 3.05) is 25.1 Å². The number of para-hydroxylation sites is 1. The van der Waals surface area contributed by atoms with Crippen LogP contribution in [0.4, 0.5) is 5.69 Å². The Labute approximate surface area is 106 Å². The lowest BCUT2D eigenvalue weighted by Crippen LogP contribution is -2.25. The second-order valence-corrected chi connectivity index (χ2v) is 3.71. The number of aliphatic hydroxyl groups excluding tert-OH is 1. The standard InChI is InChI=1S/C13H17NO4/c1-2-7-18-9-10(15)8-14-12-6-4-3-5-11(12)13(16)17/h2-6,10,14-15H,1,7-9H2,(H,16,17). The number of aliphatic hydroxyl groups is 1. The largest absolute Gasteiger partial charge is 0.478 e. The van der Waals surface area contributed by atoms with Crippen molar-refractivity contribution in [2.45, 2.75) is 6.10 Å². The van der Waals surface area contributed by atoms with Gasteiger partial charge in [0.05, 0.1) is 24.9 Å². The van der Waals surface area contributed by atoms with Crippen molar-refractivity contribution in [3.8, 4) is 0 Å². The van der Waals surface area contributed by atoms with Gasteiger partial charge in [0, 0.05) is 12.2 Å². The van der Waals surface area contributed by atoms with Crippen molar-refractivity contribution in [3.05, 3.63) is 42.5 Å². The zero-order valence-electron chi connectivity index (χ0n) is 10.0. The van der Waals surface area contributed by atoms with E-state index in [4.69, 9.17) is 9.84 Å². The summed E-state index contributed by atoms with van der Waals surface area (Å²) >= 11 is 0. The predicted octanol–water partition coefficient (Wildman–Crippen LogP) is 1.36. The molecule has 0 aliphatic carbocycles. The van der Waals surface area contributed by atoms with Crippen LogP contribution in [-0.2, 0) is 4.74 Å². The van der Waals surface area contributed by atoms with Crippen molar-refractivity contribution in [2.24, 2.45) is 0 Å². The molecular formula is C13H17NO4. The van der Waals surface area contributed by atoms with Gasteiger partial charge < -0.3 is 20.3 Å². The van der Waals surface area contributed by atoms with Gasteiger partial charge in [0.15, 0.2) is 0 Å². The van der Waals surface area contributed by atoms with Gasteiger partial charge in [0.25, 0.3) is 0 Å². The highest BCUT2D eigenvalue weighted by molar-refractivity contribution is 5.94. The molecule has 0 amide bonds. The molecule has 0 spiro atoms. The lowest BCUT2D eigenvalue weighted by Gasteiger charge is -2.14. The molecule has 0 saturated carbocycles. The lowest BCUT2D eigenvalue weighted by atomic mass is 10.2. The van der Waals surface area contributed by atoms with Crippen molar-refractivity contribution >= 4 is 11.7 Å². The van der Waals surface area contributed by atoms with E-state index < -0.39 is 12.1 Å². The normalized spacial score (nSPS) is 11.8. The summed E-state index contributed by atoms with van der Waals surface area (Å²) in [6.07, 6.45) is 0.895. The summed E-state index contributed by atoms with van der Waals surface area (Å²) in [5.41, 5.74) is 0.657. The van der Waals surface area contributed by atoms with Gasteiger partial charge in [-0.3, -0.25) is 0 Å². The number of carboxylic acids is 1. The maximum Gasteiger partial charge on any atom is 0.337 e. The Hall–Kier alpha value is -1.85. The van der Waals surface area contributed by atoms with Crippen LogP contribution in [-0.4, -0.2) is 42.0 Å². The van der Waals surface area contributed by atoms with Crippen LogP contribution in [0.5, 0.6) is 0 Å². The van der Waals surface area contributed by atoms with Crippen LogP contribution in [0, 0.1) is 0 Å². The molecule has 1 rings (SSSR count). The SMILES string of the molecule is C=CCOCC(O)CNc1ccccc1C(=O)O. The number of hydrogen-bond donors (Lipinski definition) is 3. The lowest BCUT2D eigenvalue weighted by molar-refractivity contribution is 0.0565. The minimum atomic E-state index is -1.00. The second kappa shape index (κ2) is 7.47. The zero-order chi connectivity index (χ0) is 13.4. The molecule has 0 fully saturated rings. The highest BCUT2D eigenvalue weighted by atomic mass is 16.5. The van der Waals surface area contributed by atoms with Crippen LogP contribution in [0.1, 0.15) is 10.4 Å². The second-order valence-electron chi connectivity index (χ2n) is 3.71. The van der Waals surface area contributed by atoms with Gasteiger partial charge in [-0.25, -0.2) is 4.79 Å². The predicted molar refractivity (Wildman–Crippen MR) is 68.9 cm³/mol. The molecule has 0 saturated heterocycles. The molecule has 0 radical (unpaired) electrons. The molecule has 1 aromatic carbocycles. The van der Waals surface area contributed by atoms with E-state index >= 15 is 0 Å². The van der Waals surface area contributed by atoms with Gasteiger partial charge in [0.1, 0.15) is 0 Å². The molecule has 0 aromatic heterocycles. The van der Waals surface area contributed by atoms with Crippen LogP contribution >= 0.6 is 0 Å². The fraction of sp³-hybridized carbons (Fsp3) is 0.308. The maximum atomic E-state index is 10.9. The number of nitrogens with one attached hydrogen (secondary N) is 1. The number of benzene rings is 1. The number of carbonyl (C=O) groups is 1. The van der Waals surface area contributed by atoms with Crippen LogP contribution < -0.4 is 5.32 Å². The van der Waals surface area contributed by atoms with E-state index in [1.54, 1.807) is 24.3 Å². The molecule has 5 heteroatoms. The molecular weight excluding hydrogens is 234 g/mol. The Balaban J connectivity index is 2.47. The number of hydrogen-bond acceptors (Lipinski definition) is 4. The quantitative estimate of drug-likeness (QED) is 0.480. The topological polar surface area (TPSA) is 78.8 Å². The van der Waals surface area contributed by atoms with Gasteiger partial charge >= 0.3 is 5.97 Å². The van der Waals surface area contributed by atoms with Crippen LogP contribution in [0.2, 0.25) is 0 Å². The third-order valence-electron chi connectivity index (χ3n) is 2.23. The highest BCUT2D eigenvalue weighted by Gasteiger charge is 2.10. The van der Waals surface area contributed by atoms with E-state index in [1.807, 2.05) is 0 Å². The molecule has 0 bridgehead atoms. The van der Waals surface area contributed by atoms with Crippen molar-refractivity contribution in [3.63, 3.8) is 0 Å². The summed E-state index contributed by atoms with van der Waals surface area (Å²) in [7, 11) is 0. The first kappa shape index (κ1) is 14.2. The van der Waals surface area contributed by atoms with E-state index in [-0.39, 0.29) is 18.7 Å². The molecule has 1 aromatic rings. The molecule has 1 unspecified atom stereocenters. The number of carboxylic acid groups (broad SMARTS) is 1. The van der Waals surface area contributed by atoms with E-state index in [0.717, 1.165) is 0 Å². The molecule has 0 heterocycles. The summed E-state index contributed by atoms with van der Waals surface area (Å²) in [5, 5.41) is 21.4. The molecule has 18 heavy (non-hydrogen) atoms. The fourth-order valence-corrected chi connectivity index (χ4v) is 1.40. The summed E-state index contributed by atoms with van der Waals surface area (Å²) in [5.74, 6) is -1.00. The third kappa shape index (κ3) is 4.57. The van der Waals surface area contributed by atoms with Gasteiger partial charge in [0.2, 0.25) is 0 Å². The Morgan fingerprint density at radius 2 is 2.22 bits per heavy atom. The van der Waals surface area contributed by atoms with E-state index in [9.17, 15) is 9.90 Å². The Bertz CT molecular complexity index is 406. The Morgan fingerprint density at radius 3 is 2.89 bits per heavy atom. The molecule has 3 N–H and O–H groups in total. The Morgan fingerprint density at radius 1 is 1.50 bits per heavy atom. The first-order valence-corrected chi connectivity index (χ1v) is 5.58. The minimum Gasteiger partial charge on any atom is -0.478 e. The van der Waals surface area contributed by atoms with E-state index in [1.165, 1.54) is 6.07 Å². The van der Waals surface area contributed by atoms with Gasteiger partial charge in [-0.15, -0.1) is 6.58 Å². The number of anilines is 1. The van der Waals surface area contributed by atoms with Crippen molar-refractivity contribution < 1.29 is 19.7 Å². The summed E-state index contributed by atoms with van der Waals surface area (Å²) in [6, 6.07) is 6.54. The highest BCUT2D eigenvalue weighted by Crippen LogP contribution is 2.14. The van der Waals surface area contributed by atoms with Crippen LogP contribution in [0.25, 0.3) is 0 Å². The molecule has 0 aliphatic rings. The average Bonchev–Trinajstić information content (AvgIpc) is 2.37. The summed E-state index contributed by atoms with van der Waals surface area (Å²) in [4.78, 5) is 10.9. The van der Waals surface area contributed by atoms with Crippen LogP contribution in [0.15, 0.2) is 36.9 Å². The summed E-state index contributed by atoms with van der Waals surface area (Å²) in [6.45, 7) is 4.27. The minimum absolute atomic E-state index is 0.175. The summed E-state index contributed by atoms with van der Waals surface area (Å²) < 4.78 is 5.09. The first-order chi connectivity index (χ1) is 8.65. The first-order valence-electron chi connectivity index (χ1n) is 5.58. The average molecular weight is 251 g/mol. The third-order valence-corrected chi connectivity index (χ3v) is 2.23. The molecule has 1 atom stereocenters. The monoisotopic (exact) mass is 251 g/mol. The van der Waals surface area contributed by atoms with Gasteiger partial charge in [-0.05, 0) is 12.1 Å².